The van der Waals surface area contributed by atoms with Crippen LogP contribution >= 0.6 is 0 Å². The van der Waals surface area contributed by atoms with Crippen LogP contribution in [0.3, 0.4) is 0 Å². The molecule has 1 aliphatic rings. The molecule has 6 heteroatoms. The van der Waals surface area contributed by atoms with Crippen LogP contribution in [0.5, 0.6) is 0 Å². The highest BCUT2D eigenvalue weighted by Crippen LogP contribution is 2.33. The largest absolute Gasteiger partial charge is 0.462 e. The summed E-state index contributed by atoms with van der Waals surface area (Å²) >= 11 is 0. The Labute approximate surface area is 146 Å². The summed E-state index contributed by atoms with van der Waals surface area (Å²) in [4.78, 5) is 27.0. The van der Waals surface area contributed by atoms with Crippen LogP contribution in [-0.2, 0) is 11.2 Å². The van der Waals surface area contributed by atoms with E-state index in [0.29, 0.717) is 29.9 Å². The lowest BCUT2D eigenvalue weighted by Gasteiger charge is -2.10. The Bertz CT molecular complexity index is 796. The number of ketones is 1. The van der Waals surface area contributed by atoms with Gasteiger partial charge in [-0.3, -0.25) is 4.79 Å². The van der Waals surface area contributed by atoms with Crippen LogP contribution < -0.4 is 5.32 Å². The van der Waals surface area contributed by atoms with Crippen molar-refractivity contribution < 1.29 is 18.7 Å². The fourth-order valence-electron chi connectivity index (χ4n) is 2.77. The number of aromatic nitrogens is 1. The van der Waals surface area contributed by atoms with Crippen molar-refractivity contribution in [1.82, 2.24) is 4.98 Å². The van der Waals surface area contributed by atoms with Crippen molar-refractivity contribution >= 4 is 23.3 Å². The van der Waals surface area contributed by atoms with E-state index < -0.39 is 11.8 Å². The molecule has 0 saturated heterocycles. The Morgan fingerprint density at radius 3 is 2.68 bits per heavy atom. The van der Waals surface area contributed by atoms with Gasteiger partial charge in [0.2, 0.25) is 0 Å². The number of nitrogens with one attached hydrogen (secondary N) is 2. The van der Waals surface area contributed by atoms with Gasteiger partial charge in [-0.25, -0.2) is 9.18 Å². The van der Waals surface area contributed by atoms with E-state index >= 15 is 0 Å². The van der Waals surface area contributed by atoms with Crippen molar-refractivity contribution in [2.24, 2.45) is 0 Å². The van der Waals surface area contributed by atoms with Crippen LogP contribution in [0.1, 0.15) is 59.2 Å². The zero-order chi connectivity index (χ0) is 18.6. The molecular formula is C19H23FN2O3. The molecule has 2 aromatic rings. The van der Waals surface area contributed by atoms with Crippen molar-refractivity contribution in [2.75, 3.05) is 11.9 Å². The minimum absolute atomic E-state index is 0.0528. The Kier molecular flexibility index (Phi) is 5.96. The molecule has 0 spiro atoms. The lowest BCUT2D eigenvalue weighted by molar-refractivity contribution is 0.0526. The number of hydrogen-bond donors (Lipinski definition) is 2. The zero-order valence-corrected chi connectivity index (χ0v) is 15.0. The molecule has 0 aliphatic heterocycles. The predicted octanol–water partition coefficient (Wildman–Crippen LogP) is 4.54. The Morgan fingerprint density at radius 1 is 1.32 bits per heavy atom. The van der Waals surface area contributed by atoms with E-state index in [0.717, 1.165) is 5.56 Å². The second kappa shape index (κ2) is 7.96. The molecule has 0 bridgehead atoms. The monoisotopic (exact) mass is 346 g/mol. The van der Waals surface area contributed by atoms with Crippen LogP contribution in [0.15, 0.2) is 18.2 Å². The Morgan fingerprint density at radius 2 is 2.04 bits per heavy atom. The number of aromatic amines is 1. The molecule has 3 rings (SSSR count). The third kappa shape index (κ3) is 3.73. The number of carbonyl (C=O) groups excluding carboxylic acids is 2. The van der Waals surface area contributed by atoms with E-state index in [1.54, 1.807) is 26.0 Å². The fourth-order valence-corrected chi connectivity index (χ4v) is 2.77. The summed E-state index contributed by atoms with van der Waals surface area (Å²) < 4.78 is 19.1. The summed E-state index contributed by atoms with van der Waals surface area (Å²) in [6.45, 7) is 7.73. The van der Waals surface area contributed by atoms with Crippen molar-refractivity contribution in [3.8, 4) is 0 Å². The smallest absolute Gasteiger partial charge is 0.342 e. The van der Waals surface area contributed by atoms with Crippen LogP contribution in [0, 0.1) is 12.7 Å². The maximum absolute atomic E-state index is 14.0. The summed E-state index contributed by atoms with van der Waals surface area (Å²) in [6, 6.07) is 4.75. The summed E-state index contributed by atoms with van der Waals surface area (Å²) in [7, 11) is 0. The molecule has 1 aliphatic carbocycles. The lowest BCUT2D eigenvalue weighted by atomic mass is 10.1. The molecule has 0 saturated carbocycles. The number of Topliss-reactive ketones (excluding diaryl/α,β-unsaturated/α-hetero) is 1. The summed E-state index contributed by atoms with van der Waals surface area (Å²) in [5, 5.41) is 2.87. The number of fused-ring (bicyclic) bond motifs is 1. The molecule has 25 heavy (non-hydrogen) atoms. The van der Waals surface area contributed by atoms with Gasteiger partial charge in [0.25, 0.3) is 0 Å². The SMILES string of the molecule is CC.CCOC(=O)c1c(Nc2ccc(C)cc2F)[nH]c2c1CCC2=O. The Hall–Kier alpha value is -2.63. The van der Waals surface area contributed by atoms with Crippen molar-refractivity contribution in [3.63, 3.8) is 0 Å². The third-order valence-corrected chi connectivity index (χ3v) is 3.85. The molecular weight excluding hydrogens is 323 g/mol. The number of H-pyrrole nitrogens is 1. The van der Waals surface area contributed by atoms with Crippen molar-refractivity contribution in [3.05, 3.63) is 46.4 Å². The molecule has 5 nitrogen and oxygen atoms in total. The van der Waals surface area contributed by atoms with E-state index in [1.807, 2.05) is 13.8 Å². The highest BCUT2D eigenvalue weighted by Gasteiger charge is 2.31. The van der Waals surface area contributed by atoms with Gasteiger partial charge in [-0.1, -0.05) is 19.9 Å². The number of esters is 1. The number of hydrogen-bond acceptors (Lipinski definition) is 4. The Balaban J connectivity index is 0.00000109. The molecule has 1 aromatic heterocycles. The number of rotatable bonds is 4. The van der Waals surface area contributed by atoms with Crippen molar-refractivity contribution in [1.29, 1.82) is 0 Å². The molecule has 0 atom stereocenters. The van der Waals surface area contributed by atoms with Crippen molar-refractivity contribution in [2.45, 2.75) is 40.5 Å². The standard InChI is InChI=1S/C17H17FN2O3.C2H6/c1-3-23-17(22)14-10-5-7-13(21)15(10)20-16(14)19-12-6-4-9(2)8-11(12)18;1-2/h4,6,8,19-20H,3,5,7H2,1-2H3;1-2H3. The van der Waals surface area contributed by atoms with Gasteiger partial charge in [0, 0.05) is 6.42 Å². The highest BCUT2D eigenvalue weighted by molar-refractivity contribution is 6.07. The molecule has 0 fully saturated rings. The maximum atomic E-state index is 14.0. The van der Waals surface area contributed by atoms with Gasteiger partial charge in [0.15, 0.2) is 5.78 Å². The summed E-state index contributed by atoms with van der Waals surface area (Å²) in [6.07, 6.45) is 0.851. The van der Waals surface area contributed by atoms with Crippen LogP contribution in [0.4, 0.5) is 15.9 Å². The first kappa shape index (κ1) is 18.7. The molecule has 1 aromatic carbocycles. The topological polar surface area (TPSA) is 71.2 Å². The molecule has 134 valence electrons. The van der Waals surface area contributed by atoms with Crippen LogP contribution in [0.2, 0.25) is 0 Å². The van der Waals surface area contributed by atoms with Gasteiger partial charge < -0.3 is 15.0 Å². The number of halogens is 1. The summed E-state index contributed by atoms with van der Waals surface area (Å²) in [5.41, 5.74) is 2.36. The van der Waals surface area contributed by atoms with Crippen LogP contribution in [0.25, 0.3) is 0 Å². The van der Waals surface area contributed by atoms with Gasteiger partial charge in [-0.2, -0.15) is 0 Å². The number of carbonyl (C=O) groups is 2. The first-order chi connectivity index (χ1) is 12.0. The van der Waals surface area contributed by atoms with Gasteiger partial charge in [0.05, 0.1) is 18.0 Å². The quantitative estimate of drug-likeness (QED) is 0.798. The second-order valence-electron chi connectivity index (χ2n) is 5.48. The van der Waals surface area contributed by atoms with Gasteiger partial charge in [-0.05, 0) is 43.5 Å². The first-order valence-corrected chi connectivity index (χ1v) is 8.49. The minimum atomic E-state index is -0.519. The molecule has 0 radical (unpaired) electrons. The fraction of sp³-hybridized carbons (Fsp3) is 0.368. The third-order valence-electron chi connectivity index (χ3n) is 3.85. The van der Waals surface area contributed by atoms with Gasteiger partial charge >= 0.3 is 5.97 Å². The average molecular weight is 346 g/mol. The number of aryl methyl sites for hydroxylation is 1. The lowest BCUT2D eigenvalue weighted by Crippen LogP contribution is -2.09. The second-order valence-corrected chi connectivity index (χ2v) is 5.48. The zero-order valence-electron chi connectivity index (χ0n) is 15.0. The molecule has 0 amide bonds. The maximum Gasteiger partial charge on any atom is 0.342 e. The molecule has 2 N–H and O–H groups in total. The van der Waals surface area contributed by atoms with E-state index in [1.165, 1.54) is 6.07 Å². The van der Waals surface area contributed by atoms with E-state index in [2.05, 4.69) is 10.3 Å². The number of ether oxygens (including phenoxy) is 1. The molecule has 1 heterocycles. The van der Waals surface area contributed by atoms with Gasteiger partial charge in [-0.15, -0.1) is 0 Å². The highest BCUT2D eigenvalue weighted by atomic mass is 19.1. The van der Waals surface area contributed by atoms with Crippen LogP contribution in [-0.4, -0.2) is 23.3 Å². The average Bonchev–Trinajstić information content (AvgIpc) is 3.12. The predicted molar refractivity (Wildman–Crippen MR) is 95.2 cm³/mol. The minimum Gasteiger partial charge on any atom is -0.462 e. The molecule has 0 unspecified atom stereocenters. The van der Waals surface area contributed by atoms with E-state index in [4.69, 9.17) is 4.74 Å². The van der Waals surface area contributed by atoms with E-state index in [9.17, 15) is 14.0 Å². The first-order valence-electron chi connectivity index (χ1n) is 8.49. The summed E-state index contributed by atoms with van der Waals surface area (Å²) in [5.74, 6) is -0.706. The van der Waals surface area contributed by atoms with E-state index in [-0.39, 0.29) is 23.6 Å². The number of anilines is 2. The number of benzene rings is 1. The van der Waals surface area contributed by atoms with Gasteiger partial charge in [0.1, 0.15) is 17.2 Å². The normalized spacial score (nSPS) is 12.3.